The summed E-state index contributed by atoms with van der Waals surface area (Å²) in [5, 5.41) is 6.81. The van der Waals surface area contributed by atoms with Crippen LogP contribution in [0.3, 0.4) is 0 Å². The van der Waals surface area contributed by atoms with Crippen molar-refractivity contribution in [2.45, 2.75) is 19.9 Å². The fourth-order valence-electron chi connectivity index (χ4n) is 2.71. The molecule has 3 rings (SSSR count). The van der Waals surface area contributed by atoms with Crippen LogP contribution in [0.15, 0.2) is 53.9 Å². The molecule has 7 heteroatoms. The number of anilines is 1. The lowest BCUT2D eigenvalue weighted by Crippen LogP contribution is -2.36. The number of benzene rings is 2. The number of halogens is 3. The topological polar surface area (TPSA) is 32.3 Å². The minimum atomic E-state index is -0.166. The third-order valence-electron chi connectivity index (χ3n) is 4.35. The molecule has 2 aromatic carbocycles. The van der Waals surface area contributed by atoms with Gasteiger partial charge in [-0.3, -0.25) is 0 Å². The van der Waals surface area contributed by atoms with Gasteiger partial charge in [0.2, 0.25) is 0 Å². The molecule has 146 valence electrons. The highest BCUT2D eigenvalue weighted by molar-refractivity contribution is 7.10. The maximum atomic E-state index is 12.9. The fraction of sp³-hybridized carbons (Fsp3) is 0.190. The number of nitrogens with zero attached hydrogens (tertiary/aromatic N) is 1. The first-order valence-electron chi connectivity index (χ1n) is 8.71. The summed E-state index contributed by atoms with van der Waals surface area (Å²) in [6.45, 7) is 3.11. The number of hydrogen-bond donors (Lipinski definition) is 1. The highest BCUT2D eigenvalue weighted by Gasteiger charge is 2.17. The Bertz CT molecular complexity index is 957. The van der Waals surface area contributed by atoms with Crippen LogP contribution in [0.2, 0.25) is 15.1 Å². The van der Waals surface area contributed by atoms with Gasteiger partial charge in [0.1, 0.15) is 0 Å². The van der Waals surface area contributed by atoms with Crippen LogP contribution >= 0.6 is 46.1 Å². The van der Waals surface area contributed by atoms with Gasteiger partial charge >= 0.3 is 6.03 Å². The van der Waals surface area contributed by atoms with Crippen molar-refractivity contribution in [2.24, 2.45) is 0 Å². The normalized spacial score (nSPS) is 10.7. The van der Waals surface area contributed by atoms with E-state index in [-0.39, 0.29) is 6.03 Å². The Labute approximate surface area is 183 Å². The second-order valence-corrected chi connectivity index (χ2v) is 8.65. The molecule has 0 aliphatic heterocycles. The number of hydrogen-bond acceptors (Lipinski definition) is 2. The number of nitrogens with one attached hydrogen (secondary N) is 1. The molecule has 0 aliphatic carbocycles. The molecule has 28 heavy (non-hydrogen) atoms. The Balaban J connectivity index is 1.74. The van der Waals surface area contributed by atoms with Gasteiger partial charge in [-0.25, -0.2) is 4.79 Å². The van der Waals surface area contributed by atoms with Gasteiger partial charge in [0, 0.05) is 32.2 Å². The van der Waals surface area contributed by atoms with Crippen LogP contribution in [-0.2, 0) is 13.0 Å². The van der Waals surface area contributed by atoms with Gasteiger partial charge in [-0.2, -0.15) is 0 Å². The van der Waals surface area contributed by atoms with Crippen LogP contribution in [0.1, 0.15) is 16.0 Å². The highest BCUT2D eigenvalue weighted by Crippen LogP contribution is 2.23. The minimum absolute atomic E-state index is 0.166. The van der Waals surface area contributed by atoms with Crippen LogP contribution in [-0.4, -0.2) is 17.5 Å². The van der Waals surface area contributed by atoms with E-state index in [4.69, 9.17) is 34.8 Å². The van der Waals surface area contributed by atoms with Crippen molar-refractivity contribution >= 4 is 57.9 Å². The predicted octanol–water partition coefficient (Wildman–Crippen LogP) is 7.29. The molecule has 0 fully saturated rings. The van der Waals surface area contributed by atoms with Crippen molar-refractivity contribution in [1.29, 1.82) is 0 Å². The first kappa shape index (κ1) is 21.0. The first-order chi connectivity index (χ1) is 13.4. The third-order valence-corrected chi connectivity index (χ3v) is 6.20. The fourth-order valence-corrected chi connectivity index (χ4v) is 4.26. The minimum Gasteiger partial charge on any atom is -0.319 e. The van der Waals surface area contributed by atoms with E-state index in [1.165, 1.54) is 5.56 Å². The van der Waals surface area contributed by atoms with E-state index < -0.39 is 0 Å². The molecule has 1 aromatic heterocycles. The van der Waals surface area contributed by atoms with Gasteiger partial charge in [-0.15, -0.1) is 11.3 Å². The first-order valence-corrected chi connectivity index (χ1v) is 10.7. The number of rotatable bonds is 6. The Morgan fingerprint density at radius 2 is 1.75 bits per heavy atom. The average molecular weight is 454 g/mol. The third kappa shape index (κ3) is 5.65. The molecule has 2 amide bonds. The van der Waals surface area contributed by atoms with Crippen molar-refractivity contribution < 1.29 is 4.79 Å². The van der Waals surface area contributed by atoms with Crippen LogP contribution in [0.4, 0.5) is 10.5 Å². The van der Waals surface area contributed by atoms with Gasteiger partial charge < -0.3 is 10.2 Å². The molecule has 0 aliphatic rings. The summed E-state index contributed by atoms with van der Waals surface area (Å²) in [5.74, 6) is 0. The van der Waals surface area contributed by atoms with Gasteiger partial charge in [0.05, 0.1) is 6.54 Å². The van der Waals surface area contributed by atoms with E-state index >= 15 is 0 Å². The molecule has 1 N–H and O–H groups in total. The molecule has 0 unspecified atom stereocenters. The van der Waals surface area contributed by atoms with Crippen LogP contribution in [0, 0.1) is 6.92 Å². The average Bonchev–Trinajstić information content (AvgIpc) is 3.06. The lowest BCUT2D eigenvalue weighted by Gasteiger charge is -2.23. The lowest BCUT2D eigenvalue weighted by molar-refractivity contribution is 0.210. The molecule has 0 spiro atoms. The zero-order chi connectivity index (χ0) is 20.1. The Morgan fingerprint density at radius 3 is 2.39 bits per heavy atom. The Hall–Kier alpha value is -1.72. The van der Waals surface area contributed by atoms with Gasteiger partial charge in [0.25, 0.3) is 0 Å². The number of thiophene rings is 1. The van der Waals surface area contributed by atoms with Gasteiger partial charge in [0.15, 0.2) is 0 Å². The molecule has 0 radical (unpaired) electrons. The zero-order valence-corrected chi connectivity index (χ0v) is 18.3. The van der Waals surface area contributed by atoms with Crippen molar-refractivity contribution in [1.82, 2.24) is 4.90 Å². The molecule has 0 saturated heterocycles. The molecule has 0 saturated carbocycles. The van der Waals surface area contributed by atoms with E-state index in [2.05, 4.69) is 18.3 Å². The lowest BCUT2D eigenvalue weighted by atomic mass is 10.1. The second-order valence-electron chi connectivity index (χ2n) is 6.37. The number of aryl methyl sites for hydroxylation is 1. The Kier molecular flexibility index (Phi) is 7.24. The second kappa shape index (κ2) is 9.66. The molecule has 0 atom stereocenters. The quantitative estimate of drug-likeness (QED) is 0.417. The van der Waals surface area contributed by atoms with Crippen molar-refractivity contribution in [3.63, 3.8) is 0 Å². The highest BCUT2D eigenvalue weighted by atomic mass is 35.5. The Morgan fingerprint density at radius 1 is 1.04 bits per heavy atom. The summed E-state index contributed by atoms with van der Waals surface area (Å²) in [7, 11) is 0. The predicted molar refractivity (Wildman–Crippen MR) is 120 cm³/mol. The molecular formula is C21H19Cl3N2OS. The van der Waals surface area contributed by atoms with Crippen LogP contribution in [0.5, 0.6) is 0 Å². The number of carbonyl (C=O) groups excluding carboxylic acids is 1. The number of carbonyl (C=O) groups is 1. The largest absolute Gasteiger partial charge is 0.322 e. The van der Waals surface area contributed by atoms with E-state index in [0.717, 1.165) is 10.4 Å². The summed E-state index contributed by atoms with van der Waals surface area (Å²) >= 11 is 19.8. The molecule has 1 heterocycles. The van der Waals surface area contributed by atoms with Crippen molar-refractivity contribution in [3.05, 3.63) is 85.0 Å². The van der Waals surface area contributed by atoms with E-state index in [0.29, 0.717) is 40.3 Å². The van der Waals surface area contributed by atoms with E-state index in [9.17, 15) is 4.79 Å². The summed E-state index contributed by atoms with van der Waals surface area (Å²) in [6, 6.07) is 14.4. The van der Waals surface area contributed by atoms with Crippen LogP contribution < -0.4 is 5.32 Å². The van der Waals surface area contributed by atoms with Crippen molar-refractivity contribution in [2.75, 3.05) is 11.9 Å². The number of urea groups is 1. The number of amides is 2. The maximum Gasteiger partial charge on any atom is 0.322 e. The summed E-state index contributed by atoms with van der Waals surface area (Å²) in [4.78, 5) is 15.9. The molecule has 3 aromatic rings. The summed E-state index contributed by atoms with van der Waals surface area (Å²) in [6.07, 6.45) is 0.633. The molecule has 0 bridgehead atoms. The summed E-state index contributed by atoms with van der Waals surface area (Å²) in [5.41, 5.74) is 2.84. The smallest absolute Gasteiger partial charge is 0.319 e. The maximum absolute atomic E-state index is 12.9. The SMILES string of the molecule is Cc1ccsc1CN(CCc1ccc(Cl)cc1Cl)C(=O)Nc1ccc(Cl)cc1. The monoisotopic (exact) mass is 452 g/mol. The standard InChI is InChI=1S/C21H19Cl3N2OS/c1-14-9-11-28-20(14)13-26(10-8-15-2-3-17(23)12-19(15)24)21(27)25-18-6-4-16(22)5-7-18/h2-7,9,11-12H,8,10,13H2,1H3,(H,25,27). The summed E-state index contributed by atoms with van der Waals surface area (Å²) < 4.78 is 0. The van der Waals surface area contributed by atoms with E-state index in [1.807, 2.05) is 17.5 Å². The van der Waals surface area contributed by atoms with Gasteiger partial charge in [-0.05, 0) is 72.3 Å². The molecular weight excluding hydrogens is 435 g/mol. The van der Waals surface area contributed by atoms with Gasteiger partial charge in [-0.1, -0.05) is 40.9 Å². The van der Waals surface area contributed by atoms with Crippen LogP contribution in [0.25, 0.3) is 0 Å². The van der Waals surface area contributed by atoms with E-state index in [1.54, 1.807) is 46.6 Å². The molecule has 3 nitrogen and oxygen atoms in total. The zero-order valence-electron chi connectivity index (χ0n) is 15.2. The van der Waals surface area contributed by atoms with Crippen molar-refractivity contribution in [3.8, 4) is 0 Å².